The Kier molecular flexibility index (Phi) is 10.7. The molecule has 246 valence electrons. The van der Waals surface area contributed by atoms with Crippen LogP contribution < -0.4 is 11.1 Å². The lowest BCUT2D eigenvalue weighted by atomic mass is 10.0. The summed E-state index contributed by atoms with van der Waals surface area (Å²) in [5.74, 6) is -2.66. The van der Waals surface area contributed by atoms with Crippen LogP contribution in [0.25, 0.3) is 0 Å². The molecule has 3 aliphatic rings. The number of primary amides is 1. The van der Waals surface area contributed by atoms with Crippen molar-refractivity contribution in [2.45, 2.75) is 103 Å². The van der Waals surface area contributed by atoms with Crippen molar-refractivity contribution in [3.63, 3.8) is 0 Å². The number of nitrogens with two attached hydrogens (primary N) is 1. The number of rotatable bonds is 12. The SMILES string of the molecule is CC(C)(C)OC(=O)NC(CCCCCC=CC1CC1C(=O)O)C(=O)N1CC(OC(=O)N2Cc3cccc(F)c3C2)CC1C(N)=O. The molecule has 4 amide bonds. The fourth-order valence-electron chi connectivity index (χ4n) is 5.80. The molecule has 45 heavy (non-hydrogen) atoms. The maximum Gasteiger partial charge on any atom is 0.410 e. The molecule has 1 aromatic carbocycles. The van der Waals surface area contributed by atoms with Crippen LogP contribution in [0.5, 0.6) is 0 Å². The van der Waals surface area contributed by atoms with Gasteiger partial charge < -0.3 is 30.5 Å². The quantitative estimate of drug-likeness (QED) is 0.231. The van der Waals surface area contributed by atoms with Crippen LogP contribution in [-0.2, 0) is 36.9 Å². The molecule has 0 bridgehead atoms. The number of carboxylic acids is 1. The first-order valence-electron chi connectivity index (χ1n) is 15.4. The molecule has 0 spiro atoms. The fraction of sp³-hybridized carbons (Fsp3) is 0.594. The van der Waals surface area contributed by atoms with Crippen LogP contribution in [0.4, 0.5) is 14.0 Å². The first-order valence-corrected chi connectivity index (χ1v) is 15.4. The molecular formula is C32H43FN4O8. The number of unbranched alkanes of at least 4 members (excludes halogenated alkanes) is 3. The minimum absolute atomic E-state index is 0.00279. The van der Waals surface area contributed by atoms with Crippen molar-refractivity contribution in [2.75, 3.05) is 6.54 Å². The van der Waals surface area contributed by atoms with Gasteiger partial charge in [0.05, 0.1) is 19.0 Å². The van der Waals surface area contributed by atoms with Crippen LogP contribution in [0.1, 0.15) is 76.8 Å². The van der Waals surface area contributed by atoms with Gasteiger partial charge in [0.1, 0.15) is 29.6 Å². The zero-order valence-electron chi connectivity index (χ0n) is 26.0. The summed E-state index contributed by atoms with van der Waals surface area (Å²) >= 11 is 0. The molecule has 1 aliphatic carbocycles. The van der Waals surface area contributed by atoms with E-state index in [4.69, 9.17) is 20.3 Å². The Morgan fingerprint density at radius 3 is 2.53 bits per heavy atom. The summed E-state index contributed by atoms with van der Waals surface area (Å²) in [4.78, 5) is 65.3. The number of benzene rings is 1. The molecule has 1 saturated carbocycles. The summed E-state index contributed by atoms with van der Waals surface area (Å²) in [7, 11) is 0. The van der Waals surface area contributed by atoms with Gasteiger partial charge in [-0.25, -0.2) is 14.0 Å². The van der Waals surface area contributed by atoms with E-state index in [-0.39, 0.29) is 44.3 Å². The second kappa shape index (κ2) is 14.3. The van der Waals surface area contributed by atoms with E-state index in [1.54, 1.807) is 32.9 Å². The van der Waals surface area contributed by atoms with Gasteiger partial charge in [0.2, 0.25) is 11.8 Å². The summed E-state index contributed by atoms with van der Waals surface area (Å²) in [5, 5.41) is 11.7. The van der Waals surface area contributed by atoms with Crippen LogP contribution in [0, 0.1) is 17.7 Å². The second-order valence-corrected chi connectivity index (χ2v) is 13.0. The molecule has 4 N–H and O–H groups in total. The first kappa shape index (κ1) is 33.7. The molecule has 2 heterocycles. The van der Waals surface area contributed by atoms with Crippen molar-refractivity contribution >= 4 is 30.0 Å². The number of likely N-dealkylation sites (tertiary alicyclic amines) is 1. The average Bonchev–Trinajstić information content (AvgIpc) is 3.38. The van der Waals surface area contributed by atoms with Crippen LogP contribution >= 0.6 is 0 Å². The van der Waals surface area contributed by atoms with Crippen molar-refractivity contribution in [3.05, 3.63) is 47.3 Å². The van der Waals surface area contributed by atoms with Crippen LogP contribution in [0.3, 0.4) is 0 Å². The normalized spacial score (nSPS) is 23.0. The predicted molar refractivity (Wildman–Crippen MR) is 160 cm³/mol. The number of ether oxygens (including phenoxy) is 2. The van der Waals surface area contributed by atoms with E-state index < -0.39 is 59.6 Å². The van der Waals surface area contributed by atoms with E-state index in [1.807, 2.05) is 12.2 Å². The zero-order valence-corrected chi connectivity index (χ0v) is 26.0. The molecular weight excluding hydrogens is 587 g/mol. The molecule has 12 nitrogen and oxygen atoms in total. The minimum Gasteiger partial charge on any atom is -0.481 e. The molecule has 13 heteroatoms. The highest BCUT2D eigenvalue weighted by Crippen LogP contribution is 2.39. The van der Waals surface area contributed by atoms with Crippen LogP contribution in [-0.4, -0.2) is 75.2 Å². The number of nitrogens with one attached hydrogen (secondary N) is 1. The van der Waals surface area contributed by atoms with E-state index in [2.05, 4.69) is 5.32 Å². The van der Waals surface area contributed by atoms with Crippen LogP contribution in [0.15, 0.2) is 30.4 Å². The lowest BCUT2D eigenvalue weighted by Gasteiger charge is -2.28. The molecule has 2 fully saturated rings. The summed E-state index contributed by atoms with van der Waals surface area (Å²) in [5.41, 5.74) is 5.96. The highest BCUT2D eigenvalue weighted by atomic mass is 19.1. The fourth-order valence-corrected chi connectivity index (χ4v) is 5.80. The number of carbonyl (C=O) groups excluding carboxylic acids is 4. The number of carbonyl (C=O) groups is 5. The second-order valence-electron chi connectivity index (χ2n) is 13.0. The largest absolute Gasteiger partial charge is 0.481 e. The van der Waals surface area contributed by atoms with Gasteiger partial charge in [0.15, 0.2) is 0 Å². The van der Waals surface area contributed by atoms with Crippen molar-refractivity contribution < 1.29 is 42.9 Å². The third-order valence-corrected chi connectivity index (χ3v) is 8.22. The van der Waals surface area contributed by atoms with Gasteiger partial charge >= 0.3 is 18.2 Å². The predicted octanol–water partition coefficient (Wildman–Crippen LogP) is 3.85. The lowest BCUT2D eigenvalue weighted by Crippen LogP contribution is -2.53. The van der Waals surface area contributed by atoms with Gasteiger partial charge in [-0.3, -0.25) is 19.3 Å². The van der Waals surface area contributed by atoms with Gasteiger partial charge in [0.25, 0.3) is 0 Å². The Bertz CT molecular complexity index is 1330. The Hall–Kier alpha value is -4.16. The third kappa shape index (κ3) is 9.18. The topological polar surface area (TPSA) is 169 Å². The summed E-state index contributed by atoms with van der Waals surface area (Å²) < 4.78 is 25.2. The van der Waals surface area contributed by atoms with Crippen molar-refractivity contribution in [3.8, 4) is 0 Å². The minimum atomic E-state index is -1.05. The number of amides is 4. The number of carboxylic acid groups (broad SMARTS) is 1. The van der Waals surface area contributed by atoms with Gasteiger partial charge in [-0.1, -0.05) is 37.1 Å². The van der Waals surface area contributed by atoms with E-state index in [0.717, 1.165) is 19.3 Å². The van der Waals surface area contributed by atoms with E-state index >= 15 is 0 Å². The number of halogens is 1. The number of hydrogen-bond acceptors (Lipinski definition) is 7. The van der Waals surface area contributed by atoms with Crippen LogP contribution in [0.2, 0.25) is 0 Å². The van der Waals surface area contributed by atoms with Gasteiger partial charge in [-0.05, 0) is 64.0 Å². The molecule has 4 rings (SSSR count). The van der Waals surface area contributed by atoms with Crippen molar-refractivity contribution in [2.24, 2.45) is 17.6 Å². The molecule has 2 aliphatic heterocycles. The Morgan fingerprint density at radius 1 is 1.13 bits per heavy atom. The smallest absolute Gasteiger partial charge is 0.410 e. The molecule has 1 aromatic rings. The zero-order chi connectivity index (χ0) is 32.9. The maximum absolute atomic E-state index is 14.2. The molecule has 5 unspecified atom stereocenters. The highest BCUT2D eigenvalue weighted by Gasteiger charge is 2.44. The Labute approximate surface area is 262 Å². The van der Waals surface area contributed by atoms with E-state index in [1.165, 1.54) is 15.9 Å². The van der Waals surface area contributed by atoms with Crippen molar-refractivity contribution in [1.29, 1.82) is 0 Å². The average molecular weight is 631 g/mol. The standard InChI is InChI=1S/C32H43FN4O8/c1-32(2,3)45-30(42)35-25(13-8-6-4-5-7-10-19-14-22(19)29(40)41)28(39)37-17-21(15-26(37)27(34)38)44-31(43)36-16-20-11-9-12-24(33)23(20)18-36/h7,9-12,19,21-22,25-26H,4-6,8,13-18H2,1-3H3,(H2,34,38)(H,35,42)(H,40,41). The van der Waals surface area contributed by atoms with Gasteiger partial charge in [0, 0.05) is 18.5 Å². The first-order chi connectivity index (χ1) is 21.2. The Balaban J connectivity index is 1.34. The number of allylic oxidation sites excluding steroid dienone is 2. The number of alkyl carbamates (subject to hydrolysis) is 1. The summed E-state index contributed by atoms with van der Waals surface area (Å²) in [6, 6.07) is 2.59. The molecule has 1 saturated heterocycles. The molecule has 0 aromatic heterocycles. The third-order valence-electron chi connectivity index (χ3n) is 8.22. The van der Waals surface area contributed by atoms with Gasteiger partial charge in [-0.15, -0.1) is 0 Å². The lowest BCUT2D eigenvalue weighted by molar-refractivity contribution is -0.139. The van der Waals surface area contributed by atoms with Crippen molar-refractivity contribution in [1.82, 2.24) is 15.1 Å². The summed E-state index contributed by atoms with van der Waals surface area (Å²) in [6.45, 7) is 5.24. The number of hydrogen-bond donors (Lipinski definition) is 3. The number of fused-ring (bicyclic) bond motifs is 1. The van der Waals surface area contributed by atoms with E-state index in [9.17, 15) is 28.4 Å². The maximum atomic E-state index is 14.2. The molecule has 0 radical (unpaired) electrons. The Morgan fingerprint density at radius 2 is 1.89 bits per heavy atom. The van der Waals surface area contributed by atoms with Gasteiger partial charge in [-0.2, -0.15) is 0 Å². The van der Waals surface area contributed by atoms with E-state index in [0.29, 0.717) is 24.0 Å². The monoisotopic (exact) mass is 630 g/mol. The summed E-state index contributed by atoms with van der Waals surface area (Å²) in [6.07, 6.45) is 5.47. The number of nitrogens with zero attached hydrogens (tertiary/aromatic N) is 2. The highest BCUT2D eigenvalue weighted by molar-refractivity contribution is 5.91. The number of aliphatic carboxylic acids is 1. The molecule has 5 atom stereocenters.